The summed E-state index contributed by atoms with van der Waals surface area (Å²) in [6, 6.07) is 15.1. The standard InChI is InChI=1S/C22H25N3O3/c1-15(2)11-12-27-14-18-13-19(10-9-16(18)3)24-25-20-22(26)28-21(23-20)17-7-5-4-6-8-17/h4-10,13,15,24H,11-12,14H2,1-3H3/b25-20+. The van der Waals surface area contributed by atoms with Gasteiger partial charge >= 0.3 is 5.97 Å². The molecule has 28 heavy (non-hydrogen) atoms. The van der Waals surface area contributed by atoms with Crippen LogP contribution < -0.4 is 5.43 Å². The Balaban J connectivity index is 1.66. The molecular weight excluding hydrogens is 354 g/mol. The summed E-state index contributed by atoms with van der Waals surface area (Å²) < 4.78 is 11.0. The van der Waals surface area contributed by atoms with Crippen LogP contribution in [-0.4, -0.2) is 24.3 Å². The van der Waals surface area contributed by atoms with Crippen LogP contribution in [0.3, 0.4) is 0 Å². The summed E-state index contributed by atoms with van der Waals surface area (Å²) in [7, 11) is 0. The number of nitrogens with one attached hydrogen (secondary N) is 1. The van der Waals surface area contributed by atoms with Gasteiger partial charge in [-0.15, -0.1) is 5.10 Å². The predicted octanol–water partition coefficient (Wildman–Crippen LogP) is 4.29. The Labute approximate surface area is 165 Å². The lowest BCUT2D eigenvalue weighted by Gasteiger charge is -2.10. The first-order valence-corrected chi connectivity index (χ1v) is 9.40. The second kappa shape index (κ2) is 9.28. The molecule has 1 heterocycles. The van der Waals surface area contributed by atoms with E-state index in [1.54, 1.807) is 0 Å². The van der Waals surface area contributed by atoms with Crippen LogP contribution in [0, 0.1) is 12.8 Å². The number of aliphatic imine (C=N–C) groups is 1. The van der Waals surface area contributed by atoms with Gasteiger partial charge in [-0.1, -0.05) is 38.1 Å². The molecule has 0 aromatic heterocycles. The zero-order chi connectivity index (χ0) is 19.9. The number of amidine groups is 1. The zero-order valence-corrected chi connectivity index (χ0v) is 16.4. The number of carbonyl (C=O) groups excluding carboxylic acids is 1. The van der Waals surface area contributed by atoms with Crippen molar-refractivity contribution in [1.29, 1.82) is 0 Å². The van der Waals surface area contributed by atoms with E-state index in [1.165, 1.54) is 0 Å². The summed E-state index contributed by atoms with van der Waals surface area (Å²) in [6.45, 7) is 7.68. The molecule has 0 amide bonds. The molecular formula is C22H25N3O3. The number of aryl methyl sites for hydroxylation is 1. The van der Waals surface area contributed by atoms with Gasteiger partial charge in [-0.05, 0) is 54.7 Å². The molecule has 0 spiro atoms. The van der Waals surface area contributed by atoms with Gasteiger partial charge in [-0.25, -0.2) is 4.79 Å². The molecule has 1 N–H and O–H groups in total. The highest BCUT2D eigenvalue weighted by Crippen LogP contribution is 2.17. The first kappa shape index (κ1) is 19.8. The van der Waals surface area contributed by atoms with Crippen molar-refractivity contribution in [3.05, 3.63) is 65.2 Å². The predicted molar refractivity (Wildman–Crippen MR) is 110 cm³/mol. The molecule has 0 unspecified atom stereocenters. The lowest BCUT2D eigenvalue weighted by Crippen LogP contribution is -2.11. The molecule has 6 nitrogen and oxygen atoms in total. The number of esters is 1. The minimum absolute atomic E-state index is 0.00541. The smallest absolute Gasteiger partial charge is 0.385 e. The zero-order valence-electron chi connectivity index (χ0n) is 16.4. The Morgan fingerprint density at radius 1 is 1.18 bits per heavy atom. The lowest BCUT2D eigenvalue weighted by atomic mass is 10.1. The van der Waals surface area contributed by atoms with Crippen LogP contribution in [0.25, 0.3) is 0 Å². The maximum atomic E-state index is 12.0. The Bertz CT molecular complexity index is 889. The molecule has 2 aromatic carbocycles. The van der Waals surface area contributed by atoms with E-state index in [0.29, 0.717) is 12.5 Å². The number of hydrazone groups is 1. The van der Waals surface area contributed by atoms with Crippen LogP contribution in [0.2, 0.25) is 0 Å². The highest BCUT2D eigenvalue weighted by Gasteiger charge is 2.25. The van der Waals surface area contributed by atoms with Gasteiger partial charge in [0.2, 0.25) is 5.90 Å². The second-order valence-electron chi connectivity index (χ2n) is 7.10. The van der Waals surface area contributed by atoms with E-state index in [-0.39, 0.29) is 11.7 Å². The summed E-state index contributed by atoms with van der Waals surface area (Å²) >= 11 is 0. The third kappa shape index (κ3) is 5.27. The largest absolute Gasteiger partial charge is 0.401 e. The van der Waals surface area contributed by atoms with Gasteiger partial charge in [0.05, 0.1) is 12.3 Å². The van der Waals surface area contributed by atoms with Crippen LogP contribution in [0.15, 0.2) is 58.6 Å². The van der Waals surface area contributed by atoms with Crippen molar-refractivity contribution in [2.24, 2.45) is 16.0 Å². The van der Waals surface area contributed by atoms with Crippen LogP contribution in [0.1, 0.15) is 37.0 Å². The third-order valence-electron chi connectivity index (χ3n) is 4.34. The molecule has 0 aliphatic carbocycles. The molecule has 0 fully saturated rings. The second-order valence-corrected chi connectivity index (χ2v) is 7.10. The topological polar surface area (TPSA) is 72.3 Å². The molecule has 146 valence electrons. The van der Waals surface area contributed by atoms with Crippen molar-refractivity contribution in [3.63, 3.8) is 0 Å². The molecule has 1 aliphatic heterocycles. The van der Waals surface area contributed by atoms with Crippen molar-refractivity contribution in [1.82, 2.24) is 0 Å². The molecule has 0 saturated carbocycles. The monoisotopic (exact) mass is 379 g/mol. The van der Waals surface area contributed by atoms with E-state index in [1.807, 2.05) is 55.5 Å². The normalized spacial score (nSPS) is 15.1. The number of carbonyl (C=O) groups is 1. The third-order valence-corrected chi connectivity index (χ3v) is 4.34. The van der Waals surface area contributed by atoms with Gasteiger partial charge in [0.25, 0.3) is 5.84 Å². The molecule has 0 saturated heterocycles. The van der Waals surface area contributed by atoms with Gasteiger partial charge in [-0.2, -0.15) is 4.99 Å². The first-order chi connectivity index (χ1) is 13.5. The van der Waals surface area contributed by atoms with Crippen molar-refractivity contribution in [2.75, 3.05) is 12.0 Å². The molecule has 0 radical (unpaired) electrons. The number of hydrogen-bond donors (Lipinski definition) is 1. The van der Waals surface area contributed by atoms with E-state index in [0.717, 1.165) is 35.4 Å². The summed E-state index contributed by atoms with van der Waals surface area (Å²) in [4.78, 5) is 16.2. The van der Waals surface area contributed by atoms with E-state index in [9.17, 15) is 4.79 Å². The highest BCUT2D eigenvalue weighted by atomic mass is 16.6. The molecule has 6 heteroatoms. The Morgan fingerprint density at radius 2 is 1.96 bits per heavy atom. The van der Waals surface area contributed by atoms with Crippen molar-refractivity contribution >= 4 is 23.4 Å². The fourth-order valence-corrected chi connectivity index (χ4v) is 2.59. The van der Waals surface area contributed by atoms with Gasteiger partial charge in [0.15, 0.2) is 0 Å². The Hall–Kier alpha value is -2.99. The van der Waals surface area contributed by atoms with E-state index in [2.05, 4.69) is 29.4 Å². The minimum Gasteiger partial charge on any atom is -0.401 e. The van der Waals surface area contributed by atoms with Crippen LogP contribution in [0.4, 0.5) is 5.69 Å². The van der Waals surface area contributed by atoms with E-state index in [4.69, 9.17) is 9.47 Å². The van der Waals surface area contributed by atoms with Crippen LogP contribution in [-0.2, 0) is 20.9 Å². The summed E-state index contributed by atoms with van der Waals surface area (Å²) in [5.74, 6) is 0.302. The number of rotatable bonds is 8. The molecule has 1 aliphatic rings. The summed E-state index contributed by atoms with van der Waals surface area (Å²) in [6.07, 6.45) is 1.04. The molecule has 0 atom stereocenters. The summed E-state index contributed by atoms with van der Waals surface area (Å²) in [5.41, 5.74) is 6.61. The van der Waals surface area contributed by atoms with Gasteiger partial charge in [0, 0.05) is 12.2 Å². The SMILES string of the molecule is Cc1ccc(N/N=C2/N=C(c3ccccc3)OC2=O)cc1COCCC(C)C. The number of nitrogens with zero attached hydrogens (tertiary/aromatic N) is 2. The fourth-order valence-electron chi connectivity index (χ4n) is 2.59. The van der Waals surface area contributed by atoms with Crippen LogP contribution >= 0.6 is 0 Å². The maximum Gasteiger partial charge on any atom is 0.385 e. The summed E-state index contributed by atoms with van der Waals surface area (Å²) in [5, 5.41) is 4.10. The van der Waals surface area contributed by atoms with Crippen molar-refractivity contribution in [2.45, 2.75) is 33.8 Å². The number of benzene rings is 2. The number of cyclic esters (lactones) is 1. The highest BCUT2D eigenvalue weighted by molar-refractivity contribution is 6.43. The van der Waals surface area contributed by atoms with Gasteiger partial charge < -0.3 is 9.47 Å². The molecule has 3 rings (SSSR count). The number of anilines is 1. The number of hydrogen-bond acceptors (Lipinski definition) is 5. The van der Waals surface area contributed by atoms with Gasteiger partial charge in [-0.3, -0.25) is 5.43 Å². The van der Waals surface area contributed by atoms with Crippen molar-refractivity contribution in [3.8, 4) is 0 Å². The lowest BCUT2D eigenvalue weighted by molar-refractivity contribution is -0.127. The Kier molecular flexibility index (Phi) is 6.55. The van der Waals surface area contributed by atoms with E-state index >= 15 is 0 Å². The Morgan fingerprint density at radius 3 is 2.71 bits per heavy atom. The molecule has 2 aromatic rings. The van der Waals surface area contributed by atoms with E-state index < -0.39 is 5.97 Å². The minimum atomic E-state index is -0.573. The molecule has 0 bridgehead atoms. The quantitative estimate of drug-likeness (QED) is 0.422. The maximum absolute atomic E-state index is 12.0. The van der Waals surface area contributed by atoms with Gasteiger partial charge in [0.1, 0.15) is 0 Å². The first-order valence-electron chi connectivity index (χ1n) is 9.40. The van der Waals surface area contributed by atoms with Crippen molar-refractivity contribution < 1.29 is 14.3 Å². The number of ether oxygens (including phenoxy) is 2. The average molecular weight is 379 g/mol. The average Bonchev–Trinajstić information content (AvgIpc) is 3.06. The van der Waals surface area contributed by atoms with Crippen LogP contribution in [0.5, 0.6) is 0 Å². The fraction of sp³-hybridized carbons (Fsp3) is 0.318.